The number of hydrogen-bond acceptors (Lipinski definition) is 4. The zero-order valence-electron chi connectivity index (χ0n) is 11.3. The molecule has 1 aromatic carbocycles. The highest BCUT2D eigenvalue weighted by atomic mass is 16.4. The number of anilines is 1. The molecular formula is C13H15N3O5. The van der Waals surface area contributed by atoms with Gasteiger partial charge in [0.2, 0.25) is 11.8 Å². The molecule has 0 aromatic heterocycles. The number of carboxylic acid groups (broad SMARTS) is 1. The highest BCUT2D eigenvalue weighted by molar-refractivity contribution is 5.99. The Morgan fingerprint density at radius 2 is 1.95 bits per heavy atom. The summed E-state index contributed by atoms with van der Waals surface area (Å²) in [5, 5.41) is 13.6. The van der Waals surface area contributed by atoms with Crippen LogP contribution in [0.5, 0.6) is 0 Å². The average molecular weight is 293 g/mol. The van der Waals surface area contributed by atoms with Gasteiger partial charge in [-0.05, 0) is 18.2 Å². The van der Waals surface area contributed by atoms with Gasteiger partial charge in [-0.1, -0.05) is 6.07 Å². The largest absolute Gasteiger partial charge is 0.480 e. The summed E-state index contributed by atoms with van der Waals surface area (Å²) in [5.74, 6) is -3.18. The molecule has 0 unspecified atom stereocenters. The second-order valence-corrected chi connectivity index (χ2v) is 4.30. The summed E-state index contributed by atoms with van der Waals surface area (Å²) in [6.45, 7) is 1.32. The van der Waals surface area contributed by atoms with E-state index in [0.717, 1.165) is 0 Å². The molecule has 0 aliphatic carbocycles. The van der Waals surface area contributed by atoms with Crippen LogP contribution in [0.2, 0.25) is 0 Å². The summed E-state index contributed by atoms with van der Waals surface area (Å²) in [6, 6.07) is 4.55. The molecule has 8 heteroatoms. The Labute approximate surface area is 120 Å². The van der Waals surface area contributed by atoms with Gasteiger partial charge in [0.1, 0.15) is 6.04 Å². The fraction of sp³-hybridized carbons (Fsp3) is 0.231. The molecule has 0 heterocycles. The number of nitrogens with one attached hydrogen (secondary N) is 2. The van der Waals surface area contributed by atoms with Gasteiger partial charge in [0.25, 0.3) is 5.91 Å². The molecule has 1 rings (SSSR count). The van der Waals surface area contributed by atoms with Crippen molar-refractivity contribution in [3.63, 3.8) is 0 Å². The van der Waals surface area contributed by atoms with Crippen molar-refractivity contribution in [3.05, 3.63) is 29.8 Å². The van der Waals surface area contributed by atoms with E-state index in [9.17, 15) is 19.2 Å². The molecule has 8 nitrogen and oxygen atoms in total. The zero-order valence-corrected chi connectivity index (χ0v) is 11.3. The molecule has 3 amide bonds. The summed E-state index contributed by atoms with van der Waals surface area (Å²) in [4.78, 5) is 44.6. The summed E-state index contributed by atoms with van der Waals surface area (Å²) < 4.78 is 0. The predicted octanol–water partition coefficient (Wildman–Crippen LogP) is -0.297. The standard InChI is InChI=1S/C13H15N3O5/c1-7(17)15-9-4-2-3-8(5-9)12(19)16-10(13(20)21)6-11(14)18/h2-5,10H,6H2,1H3,(H2,14,18)(H,15,17)(H,16,19)(H,20,21)/t10-/m1/s1. The molecule has 5 N–H and O–H groups in total. The fourth-order valence-corrected chi connectivity index (χ4v) is 1.58. The van der Waals surface area contributed by atoms with Crippen molar-refractivity contribution in [3.8, 4) is 0 Å². The zero-order chi connectivity index (χ0) is 16.0. The Bertz CT molecular complexity index is 585. The smallest absolute Gasteiger partial charge is 0.326 e. The van der Waals surface area contributed by atoms with Gasteiger partial charge in [0.15, 0.2) is 0 Å². The van der Waals surface area contributed by atoms with Crippen molar-refractivity contribution in [2.45, 2.75) is 19.4 Å². The molecule has 0 saturated heterocycles. The van der Waals surface area contributed by atoms with E-state index in [1.165, 1.54) is 25.1 Å². The topological polar surface area (TPSA) is 139 Å². The monoisotopic (exact) mass is 293 g/mol. The lowest BCUT2D eigenvalue weighted by molar-refractivity contribution is -0.140. The second-order valence-electron chi connectivity index (χ2n) is 4.30. The van der Waals surface area contributed by atoms with Crippen LogP contribution in [0.4, 0.5) is 5.69 Å². The number of aliphatic carboxylic acids is 1. The number of carbonyl (C=O) groups excluding carboxylic acids is 3. The van der Waals surface area contributed by atoms with Gasteiger partial charge in [-0.3, -0.25) is 14.4 Å². The van der Waals surface area contributed by atoms with Crippen LogP contribution in [0.3, 0.4) is 0 Å². The van der Waals surface area contributed by atoms with Crippen LogP contribution in [-0.2, 0) is 14.4 Å². The molecule has 0 radical (unpaired) electrons. The summed E-state index contributed by atoms with van der Waals surface area (Å²) in [5.41, 5.74) is 5.47. The third kappa shape index (κ3) is 5.31. The van der Waals surface area contributed by atoms with Gasteiger partial charge in [0.05, 0.1) is 6.42 Å². The first-order valence-electron chi connectivity index (χ1n) is 5.99. The number of hydrogen-bond donors (Lipinski definition) is 4. The number of rotatable bonds is 6. The first-order valence-corrected chi connectivity index (χ1v) is 5.99. The summed E-state index contributed by atoms with van der Waals surface area (Å²) in [6.07, 6.45) is -0.507. The van der Waals surface area contributed by atoms with Crippen molar-refractivity contribution in [2.24, 2.45) is 5.73 Å². The molecule has 0 saturated carbocycles. The van der Waals surface area contributed by atoms with E-state index in [2.05, 4.69) is 10.6 Å². The summed E-state index contributed by atoms with van der Waals surface area (Å²) >= 11 is 0. The van der Waals surface area contributed by atoms with Gasteiger partial charge in [-0.15, -0.1) is 0 Å². The first-order chi connectivity index (χ1) is 9.79. The van der Waals surface area contributed by atoms with Crippen LogP contribution in [0, 0.1) is 0 Å². The molecular weight excluding hydrogens is 278 g/mol. The lowest BCUT2D eigenvalue weighted by Gasteiger charge is -2.13. The first kappa shape index (κ1) is 16.2. The second kappa shape index (κ2) is 7.04. The Morgan fingerprint density at radius 3 is 2.48 bits per heavy atom. The van der Waals surface area contributed by atoms with Gasteiger partial charge >= 0.3 is 5.97 Å². The van der Waals surface area contributed by atoms with Crippen molar-refractivity contribution < 1.29 is 24.3 Å². The minimum Gasteiger partial charge on any atom is -0.480 e. The van der Waals surface area contributed by atoms with Crippen LogP contribution >= 0.6 is 0 Å². The van der Waals surface area contributed by atoms with Crippen LogP contribution in [0.25, 0.3) is 0 Å². The molecule has 0 fully saturated rings. The number of benzene rings is 1. The molecule has 0 spiro atoms. The summed E-state index contributed by atoms with van der Waals surface area (Å²) in [7, 11) is 0. The Kier molecular flexibility index (Phi) is 5.41. The molecule has 21 heavy (non-hydrogen) atoms. The fourth-order valence-electron chi connectivity index (χ4n) is 1.58. The normalized spacial score (nSPS) is 11.3. The maximum absolute atomic E-state index is 11.9. The molecule has 1 atom stereocenters. The van der Waals surface area contributed by atoms with E-state index in [4.69, 9.17) is 10.8 Å². The van der Waals surface area contributed by atoms with Gasteiger partial charge in [0, 0.05) is 18.2 Å². The Balaban J connectivity index is 2.84. The van der Waals surface area contributed by atoms with E-state index in [1.54, 1.807) is 6.07 Å². The van der Waals surface area contributed by atoms with Crippen molar-refractivity contribution in [2.75, 3.05) is 5.32 Å². The quantitative estimate of drug-likeness (QED) is 0.570. The van der Waals surface area contributed by atoms with Crippen molar-refractivity contribution >= 4 is 29.4 Å². The van der Waals surface area contributed by atoms with E-state index >= 15 is 0 Å². The van der Waals surface area contributed by atoms with Gasteiger partial charge < -0.3 is 21.5 Å². The Hall–Kier alpha value is -2.90. The lowest BCUT2D eigenvalue weighted by atomic mass is 10.1. The van der Waals surface area contributed by atoms with E-state index in [0.29, 0.717) is 5.69 Å². The molecule has 1 aromatic rings. The van der Waals surface area contributed by atoms with E-state index < -0.39 is 30.2 Å². The molecule has 0 aliphatic rings. The van der Waals surface area contributed by atoms with E-state index in [-0.39, 0.29) is 11.5 Å². The maximum atomic E-state index is 11.9. The number of carboxylic acids is 1. The maximum Gasteiger partial charge on any atom is 0.326 e. The van der Waals surface area contributed by atoms with Gasteiger partial charge in [-0.2, -0.15) is 0 Å². The predicted molar refractivity (Wildman–Crippen MR) is 73.4 cm³/mol. The lowest BCUT2D eigenvalue weighted by Crippen LogP contribution is -2.43. The Morgan fingerprint density at radius 1 is 1.29 bits per heavy atom. The highest BCUT2D eigenvalue weighted by Gasteiger charge is 2.22. The number of nitrogens with two attached hydrogens (primary N) is 1. The van der Waals surface area contributed by atoms with Gasteiger partial charge in [-0.25, -0.2) is 4.79 Å². The van der Waals surface area contributed by atoms with Crippen LogP contribution in [0.15, 0.2) is 24.3 Å². The van der Waals surface area contributed by atoms with Crippen molar-refractivity contribution in [1.29, 1.82) is 0 Å². The third-order valence-corrected chi connectivity index (χ3v) is 2.45. The van der Waals surface area contributed by atoms with Crippen LogP contribution in [-0.4, -0.2) is 34.8 Å². The average Bonchev–Trinajstić information content (AvgIpc) is 2.36. The van der Waals surface area contributed by atoms with Crippen LogP contribution < -0.4 is 16.4 Å². The van der Waals surface area contributed by atoms with Crippen LogP contribution in [0.1, 0.15) is 23.7 Å². The molecule has 0 aliphatic heterocycles. The highest BCUT2D eigenvalue weighted by Crippen LogP contribution is 2.11. The SMILES string of the molecule is CC(=O)Nc1cccc(C(=O)N[C@H](CC(N)=O)C(=O)O)c1. The molecule has 0 bridgehead atoms. The minimum atomic E-state index is -1.40. The third-order valence-electron chi connectivity index (χ3n) is 2.45. The number of amides is 3. The minimum absolute atomic E-state index is 0.150. The molecule has 112 valence electrons. The number of carbonyl (C=O) groups is 4. The number of primary amides is 1. The van der Waals surface area contributed by atoms with Crippen molar-refractivity contribution in [1.82, 2.24) is 5.32 Å². The van der Waals surface area contributed by atoms with E-state index in [1.807, 2.05) is 0 Å².